The molecule has 2 heterocycles. The van der Waals surface area contributed by atoms with Gasteiger partial charge in [0.1, 0.15) is 11.9 Å². The molecule has 0 N–H and O–H groups in total. The zero-order valence-electron chi connectivity index (χ0n) is 25.1. The van der Waals surface area contributed by atoms with Crippen LogP contribution in [0.15, 0.2) is 42.5 Å². The highest BCUT2D eigenvalue weighted by Crippen LogP contribution is 2.55. The molecule has 44 heavy (non-hydrogen) atoms. The van der Waals surface area contributed by atoms with E-state index in [1.807, 2.05) is 31.2 Å². The van der Waals surface area contributed by atoms with Gasteiger partial charge in [-0.15, -0.1) is 0 Å². The summed E-state index contributed by atoms with van der Waals surface area (Å²) < 4.78 is 41.2. The topological polar surface area (TPSA) is 133 Å². The summed E-state index contributed by atoms with van der Waals surface area (Å²) in [4.78, 5) is 48.9. The van der Waals surface area contributed by atoms with Gasteiger partial charge in [0.25, 0.3) is 0 Å². The van der Waals surface area contributed by atoms with Crippen LogP contribution >= 0.6 is 27.5 Å². The number of hydrogen-bond acceptors (Lipinski definition) is 11. The van der Waals surface area contributed by atoms with Gasteiger partial charge in [-0.05, 0) is 49.2 Å². The highest BCUT2D eigenvalue weighted by Gasteiger charge is 2.74. The van der Waals surface area contributed by atoms with Crippen LogP contribution < -0.4 is 4.74 Å². The van der Waals surface area contributed by atoms with Gasteiger partial charge in [-0.3, -0.25) is 19.2 Å². The van der Waals surface area contributed by atoms with Crippen LogP contribution in [0.4, 0.5) is 0 Å². The lowest BCUT2D eigenvalue weighted by Gasteiger charge is -2.50. The lowest BCUT2D eigenvalue weighted by Crippen LogP contribution is -2.70. The van der Waals surface area contributed by atoms with Crippen LogP contribution in [0.1, 0.15) is 63.1 Å². The number of esters is 4. The smallest absolute Gasteiger partial charge is 0.303 e. The third-order valence-electron chi connectivity index (χ3n) is 7.38. The van der Waals surface area contributed by atoms with Crippen molar-refractivity contribution in [1.29, 1.82) is 0 Å². The van der Waals surface area contributed by atoms with E-state index < -0.39 is 64.5 Å². The van der Waals surface area contributed by atoms with Crippen LogP contribution in [0.5, 0.6) is 5.75 Å². The predicted octanol–water partition coefficient (Wildman–Crippen LogP) is 4.92. The monoisotopic (exact) mass is 696 g/mol. The first-order chi connectivity index (χ1) is 20.7. The van der Waals surface area contributed by atoms with E-state index in [9.17, 15) is 19.2 Å². The van der Waals surface area contributed by atoms with Crippen molar-refractivity contribution < 1.29 is 52.3 Å². The second-order valence-corrected chi connectivity index (χ2v) is 11.8. The number of carbonyl (C=O) groups is 4. The van der Waals surface area contributed by atoms with Gasteiger partial charge in [0.2, 0.25) is 11.9 Å². The first-order valence-corrected chi connectivity index (χ1v) is 15.2. The molecule has 2 saturated heterocycles. The van der Waals surface area contributed by atoms with Crippen molar-refractivity contribution in [2.24, 2.45) is 0 Å². The number of hydrogen-bond donors (Lipinski definition) is 0. The molecule has 2 bridgehead atoms. The molecule has 0 radical (unpaired) electrons. The fourth-order valence-corrected chi connectivity index (χ4v) is 6.64. The molecule has 11 nitrogen and oxygen atoms in total. The quantitative estimate of drug-likeness (QED) is 0.190. The Morgan fingerprint density at radius 2 is 1.55 bits per heavy atom. The summed E-state index contributed by atoms with van der Waals surface area (Å²) in [6.07, 6.45) is -5.33. The zero-order chi connectivity index (χ0) is 32.4. The fourth-order valence-electron chi connectivity index (χ4n) is 5.60. The number of halogens is 2. The van der Waals surface area contributed by atoms with Crippen LogP contribution in [0, 0.1) is 0 Å². The molecular weight excluding hydrogens is 664 g/mol. The third-order valence-corrected chi connectivity index (χ3v) is 8.75. The van der Waals surface area contributed by atoms with Crippen LogP contribution in [0.3, 0.4) is 0 Å². The van der Waals surface area contributed by atoms with Gasteiger partial charge in [0, 0.05) is 38.3 Å². The lowest BCUT2D eigenvalue weighted by molar-refractivity contribution is -0.340. The van der Waals surface area contributed by atoms with E-state index >= 15 is 0 Å². The lowest BCUT2D eigenvalue weighted by atomic mass is 9.80. The molecule has 0 aromatic heterocycles. The molecular formula is C31H34BrClO11. The third kappa shape index (κ3) is 6.58. The second-order valence-electron chi connectivity index (χ2n) is 10.5. The van der Waals surface area contributed by atoms with E-state index in [0.29, 0.717) is 28.5 Å². The molecule has 2 aromatic rings. The van der Waals surface area contributed by atoms with Crippen LogP contribution in [-0.4, -0.2) is 67.1 Å². The molecule has 2 aliphatic heterocycles. The van der Waals surface area contributed by atoms with E-state index in [1.165, 1.54) is 13.8 Å². The molecule has 7 atom stereocenters. The Bertz CT molecular complexity index is 1420. The zero-order valence-corrected chi connectivity index (χ0v) is 27.4. The summed E-state index contributed by atoms with van der Waals surface area (Å²) in [5.74, 6) is -4.05. The summed E-state index contributed by atoms with van der Waals surface area (Å²) in [6, 6.07) is 12.5. The first-order valence-electron chi connectivity index (χ1n) is 13.9. The summed E-state index contributed by atoms with van der Waals surface area (Å²) in [7, 11) is 0. The van der Waals surface area contributed by atoms with Crippen molar-refractivity contribution in [3.63, 3.8) is 0 Å². The minimum Gasteiger partial charge on any atom is -0.494 e. The predicted molar refractivity (Wildman–Crippen MR) is 159 cm³/mol. The molecule has 0 aliphatic carbocycles. The van der Waals surface area contributed by atoms with Crippen LogP contribution in [-0.2, 0) is 53.4 Å². The maximum Gasteiger partial charge on any atom is 0.303 e. The van der Waals surface area contributed by atoms with Crippen molar-refractivity contribution in [2.75, 3.05) is 13.2 Å². The number of benzene rings is 2. The minimum absolute atomic E-state index is 0.288. The Labute approximate surface area is 268 Å². The molecule has 2 aromatic carbocycles. The maximum atomic E-state index is 12.5. The molecule has 2 fully saturated rings. The van der Waals surface area contributed by atoms with Crippen molar-refractivity contribution in [1.82, 2.24) is 0 Å². The average molecular weight is 698 g/mol. The number of carbonyl (C=O) groups excluding carboxylic acids is 4. The van der Waals surface area contributed by atoms with Crippen molar-refractivity contribution in [3.8, 4) is 5.75 Å². The second kappa shape index (κ2) is 13.4. The average Bonchev–Trinajstić information content (AvgIpc) is 3.32. The number of fused-ring (bicyclic) bond motifs is 2. The Morgan fingerprint density at radius 1 is 0.932 bits per heavy atom. The standard InChI is InChI=1S/C31H34BrClO11/c1-7-38-23-11-8-21(9-12-23)26(32)24-14-22(10-13-25(24)33)31-29(43-20(6)37)27(41-18(4)35)28(42-19(5)36)30(44-31,15-39-31)16(2)40-17(3)34/h8-14,16,26-29H,7,15H2,1-6H3/t16?,26?,27-,28-,29+,30+,31-/m0/s1. The number of alkyl halides is 1. The number of ether oxygens (including phenoxy) is 7. The first kappa shape index (κ1) is 33.7. The summed E-state index contributed by atoms with van der Waals surface area (Å²) in [6.45, 7) is 8.40. The summed E-state index contributed by atoms with van der Waals surface area (Å²) >= 11 is 10.4. The Morgan fingerprint density at radius 3 is 2.11 bits per heavy atom. The van der Waals surface area contributed by atoms with Gasteiger partial charge < -0.3 is 33.2 Å². The number of rotatable bonds is 10. The van der Waals surface area contributed by atoms with Gasteiger partial charge in [-0.25, -0.2) is 0 Å². The maximum absolute atomic E-state index is 12.5. The normalized spacial score (nSPS) is 27.0. The molecule has 4 rings (SSSR count). The largest absolute Gasteiger partial charge is 0.494 e. The van der Waals surface area contributed by atoms with Crippen molar-refractivity contribution in [2.45, 2.75) is 82.2 Å². The Hall–Kier alpha value is -3.19. The molecule has 13 heteroatoms. The highest BCUT2D eigenvalue weighted by atomic mass is 79.9. The van der Waals surface area contributed by atoms with Crippen LogP contribution in [0.2, 0.25) is 5.02 Å². The van der Waals surface area contributed by atoms with Gasteiger partial charge in [-0.1, -0.05) is 45.7 Å². The highest BCUT2D eigenvalue weighted by molar-refractivity contribution is 9.09. The Kier molecular flexibility index (Phi) is 10.3. The van der Waals surface area contributed by atoms with E-state index in [1.54, 1.807) is 25.1 Å². The van der Waals surface area contributed by atoms with Crippen molar-refractivity contribution >= 4 is 51.4 Å². The van der Waals surface area contributed by atoms with E-state index in [-0.39, 0.29) is 6.61 Å². The molecule has 0 spiro atoms. The summed E-state index contributed by atoms with van der Waals surface area (Å²) in [5, 5.41) is 0.410. The van der Waals surface area contributed by atoms with Gasteiger partial charge >= 0.3 is 23.9 Å². The van der Waals surface area contributed by atoms with E-state index in [4.69, 9.17) is 44.8 Å². The molecule has 2 aliphatic rings. The van der Waals surface area contributed by atoms with Gasteiger partial charge in [-0.2, -0.15) is 0 Å². The van der Waals surface area contributed by atoms with E-state index in [0.717, 1.165) is 19.4 Å². The van der Waals surface area contributed by atoms with Crippen LogP contribution in [0.25, 0.3) is 0 Å². The Balaban J connectivity index is 1.89. The molecule has 2 unspecified atom stereocenters. The molecule has 238 valence electrons. The van der Waals surface area contributed by atoms with E-state index in [2.05, 4.69) is 15.9 Å². The minimum atomic E-state index is -1.90. The van der Waals surface area contributed by atoms with Gasteiger partial charge in [0.15, 0.2) is 17.8 Å². The fraction of sp³-hybridized carbons (Fsp3) is 0.484. The molecule has 0 saturated carbocycles. The molecule has 0 amide bonds. The SMILES string of the molecule is CCOc1ccc(C(Br)c2cc([C@]34OC[C@](C(C)OC(C)=O)(O3)[C@@H](OC(C)=O)[C@H](OC(C)=O)[C@H]4OC(C)=O)ccc2Cl)cc1. The van der Waals surface area contributed by atoms with Crippen molar-refractivity contribution in [3.05, 3.63) is 64.2 Å². The van der Waals surface area contributed by atoms with Gasteiger partial charge in [0.05, 0.1) is 18.0 Å². The summed E-state index contributed by atoms with van der Waals surface area (Å²) in [5.41, 5.74) is 0.169.